The number of nitrogens with zero attached hydrogens (tertiary/aromatic N) is 2. The molecule has 0 radical (unpaired) electrons. The Morgan fingerprint density at radius 3 is 2.61 bits per heavy atom. The van der Waals surface area contributed by atoms with Gasteiger partial charge in [-0.2, -0.15) is 0 Å². The van der Waals surface area contributed by atoms with Crippen molar-refractivity contribution in [2.45, 2.75) is 13.5 Å². The summed E-state index contributed by atoms with van der Waals surface area (Å²) in [5.41, 5.74) is 7.90. The number of benzene rings is 1. The van der Waals surface area contributed by atoms with E-state index in [9.17, 15) is 0 Å². The lowest BCUT2D eigenvalue weighted by molar-refractivity contribution is 0.415. The van der Waals surface area contributed by atoms with E-state index in [4.69, 9.17) is 10.5 Å². The van der Waals surface area contributed by atoms with E-state index in [1.807, 2.05) is 41.8 Å². The van der Waals surface area contributed by atoms with Crippen molar-refractivity contribution in [2.75, 3.05) is 12.8 Å². The van der Waals surface area contributed by atoms with Crippen LogP contribution >= 0.6 is 0 Å². The molecule has 4 heteroatoms. The topological polar surface area (TPSA) is 53.1 Å². The summed E-state index contributed by atoms with van der Waals surface area (Å²) >= 11 is 0. The lowest BCUT2D eigenvalue weighted by Crippen LogP contribution is -2.03. The fourth-order valence-corrected chi connectivity index (χ4v) is 1.90. The Balaban J connectivity index is 2.43. The molecule has 0 unspecified atom stereocenters. The summed E-state index contributed by atoms with van der Waals surface area (Å²) in [6, 6.07) is 7.71. The highest BCUT2D eigenvalue weighted by molar-refractivity contribution is 5.71. The van der Waals surface area contributed by atoms with Crippen molar-refractivity contribution < 1.29 is 4.74 Å². The maximum absolute atomic E-state index is 6.11. The van der Waals surface area contributed by atoms with Crippen LogP contribution in [0.4, 0.5) is 5.82 Å². The molecule has 94 valence electrons. The van der Waals surface area contributed by atoms with Crippen molar-refractivity contribution in [1.29, 1.82) is 0 Å². The van der Waals surface area contributed by atoms with E-state index in [0.29, 0.717) is 12.4 Å². The van der Waals surface area contributed by atoms with Crippen molar-refractivity contribution in [3.8, 4) is 17.0 Å². The summed E-state index contributed by atoms with van der Waals surface area (Å²) in [6.45, 7) is 6.33. The predicted octanol–water partition coefficient (Wildman–Crippen LogP) is 2.64. The zero-order valence-corrected chi connectivity index (χ0v) is 10.7. The molecular formula is C14H17N3O. The molecule has 0 spiro atoms. The lowest BCUT2D eigenvalue weighted by atomic mass is 10.1. The molecule has 1 aromatic heterocycles. The molecule has 1 aromatic carbocycles. The third-order valence-corrected chi connectivity index (χ3v) is 2.87. The normalized spacial score (nSPS) is 10.3. The molecular weight excluding hydrogens is 226 g/mol. The second-order valence-corrected chi connectivity index (χ2v) is 4.02. The summed E-state index contributed by atoms with van der Waals surface area (Å²) in [5, 5.41) is 0. The van der Waals surface area contributed by atoms with Crippen LogP contribution in [0.15, 0.2) is 36.9 Å². The molecule has 2 N–H and O–H groups in total. The maximum Gasteiger partial charge on any atom is 0.132 e. The Hall–Kier alpha value is -2.23. The molecule has 0 saturated heterocycles. The summed E-state index contributed by atoms with van der Waals surface area (Å²) in [5.74, 6) is 2.37. The number of allylic oxidation sites excluding steroid dienone is 1. The highest BCUT2D eigenvalue weighted by atomic mass is 16.5. The van der Waals surface area contributed by atoms with E-state index in [0.717, 1.165) is 22.8 Å². The van der Waals surface area contributed by atoms with Gasteiger partial charge in [0.25, 0.3) is 0 Å². The van der Waals surface area contributed by atoms with Crippen LogP contribution in [0.5, 0.6) is 5.75 Å². The Labute approximate surface area is 107 Å². The summed E-state index contributed by atoms with van der Waals surface area (Å²) in [7, 11) is 1.65. The largest absolute Gasteiger partial charge is 0.497 e. The number of ether oxygens (including phenoxy) is 1. The summed E-state index contributed by atoms with van der Waals surface area (Å²) in [6.07, 6.45) is 1.81. The third kappa shape index (κ3) is 2.09. The highest BCUT2D eigenvalue weighted by Crippen LogP contribution is 2.27. The number of anilines is 1. The number of imidazole rings is 1. The van der Waals surface area contributed by atoms with Crippen LogP contribution in [0.25, 0.3) is 11.3 Å². The Kier molecular flexibility index (Phi) is 3.37. The Bertz CT molecular complexity index is 555. The van der Waals surface area contributed by atoms with Gasteiger partial charge in [0.15, 0.2) is 0 Å². The molecule has 4 nitrogen and oxygen atoms in total. The van der Waals surface area contributed by atoms with Crippen molar-refractivity contribution >= 4 is 5.82 Å². The van der Waals surface area contributed by atoms with Crippen LogP contribution in [0, 0.1) is 6.92 Å². The van der Waals surface area contributed by atoms with Gasteiger partial charge in [-0.25, -0.2) is 4.98 Å². The van der Waals surface area contributed by atoms with Crippen LogP contribution in [-0.4, -0.2) is 16.7 Å². The minimum absolute atomic E-state index is 0.664. The van der Waals surface area contributed by atoms with Crippen molar-refractivity contribution in [1.82, 2.24) is 9.55 Å². The number of hydrogen-bond acceptors (Lipinski definition) is 3. The third-order valence-electron chi connectivity index (χ3n) is 2.87. The molecule has 0 aliphatic rings. The standard InChI is InChI=1S/C14H17N3O/c1-4-9-17-10(2)16-13(14(17)15)11-5-7-12(18-3)8-6-11/h4-8H,1,9,15H2,2-3H3. The smallest absolute Gasteiger partial charge is 0.132 e. The van der Waals surface area contributed by atoms with E-state index in [1.165, 1.54) is 0 Å². The van der Waals surface area contributed by atoms with Crippen LogP contribution in [-0.2, 0) is 6.54 Å². The predicted molar refractivity (Wildman–Crippen MR) is 73.6 cm³/mol. The van der Waals surface area contributed by atoms with Crippen molar-refractivity contribution in [3.05, 3.63) is 42.7 Å². The fraction of sp³-hybridized carbons (Fsp3) is 0.214. The molecule has 0 fully saturated rings. The molecule has 18 heavy (non-hydrogen) atoms. The molecule has 2 rings (SSSR count). The molecule has 0 saturated carbocycles. The van der Waals surface area contributed by atoms with Gasteiger partial charge < -0.3 is 15.0 Å². The van der Waals surface area contributed by atoms with E-state index in [-0.39, 0.29) is 0 Å². The number of hydrogen-bond donors (Lipinski definition) is 1. The zero-order valence-electron chi connectivity index (χ0n) is 10.7. The van der Waals surface area contributed by atoms with Gasteiger partial charge in [-0.15, -0.1) is 6.58 Å². The van der Waals surface area contributed by atoms with E-state index < -0.39 is 0 Å². The number of aromatic nitrogens is 2. The second-order valence-electron chi connectivity index (χ2n) is 4.02. The zero-order chi connectivity index (χ0) is 13.1. The first kappa shape index (κ1) is 12.2. The first-order valence-electron chi connectivity index (χ1n) is 5.75. The van der Waals surface area contributed by atoms with Gasteiger partial charge in [-0.05, 0) is 31.2 Å². The van der Waals surface area contributed by atoms with Gasteiger partial charge >= 0.3 is 0 Å². The number of methoxy groups -OCH3 is 1. The van der Waals surface area contributed by atoms with E-state index in [2.05, 4.69) is 11.6 Å². The first-order chi connectivity index (χ1) is 8.67. The Morgan fingerprint density at radius 2 is 2.06 bits per heavy atom. The van der Waals surface area contributed by atoms with Crippen LogP contribution in [0.1, 0.15) is 5.82 Å². The lowest BCUT2D eigenvalue weighted by Gasteiger charge is -2.04. The monoisotopic (exact) mass is 243 g/mol. The quantitative estimate of drug-likeness (QED) is 0.840. The van der Waals surface area contributed by atoms with Gasteiger partial charge in [-0.1, -0.05) is 6.08 Å². The van der Waals surface area contributed by atoms with Gasteiger partial charge in [0.1, 0.15) is 23.1 Å². The van der Waals surface area contributed by atoms with Gasteiger partial charge in [0.2, 0.25) is 0 Å². The second kappa shape index (κ2) is 4.96. The Morgan fingerprint density at radius 1 is 1.39 bits per heavy atom. The molecule has 0 amide bonds. The molecule has 0 bridgehead atoms. The fourth-order valence-electron chi connectivity index (χ4n) is 1.90. The molecule has 0 aliphatic heterocycles. The maximum atomic E-state index is 6.11. The molecule has 0 atom stereocenters. The minimum atomic E-state index is 0.664. The number of nitrogen functional groups attached to an aromatic ring is 1. The van der Waals surface area contributed by atoms with Gasteiger partial charge in [-0.3, -0.25) is 0 Å². The van der Waals surface area contributed by atoms with E-state index in [1.54, 1.807) is 7.11 Å². The SMILES string of the molecule is C=CCn1c(C)nc(-c2ccc(OC)cc2)c1N. The van der Waals surface area contributed by atoms with Crippen LogP contribution < -0.4 is 10.5 Å². The van der Waals surface area contributed by atoms with Crippen molar-refractivity contribution in [2.24, 2.45) is 0 Å². The highest BCUT2D eigenvalue weighted by Gasteiger charge is 2.12. The van der Waals surface area contributed by atoms with Crippen LogP contribution in [0.2, 0.25) is 0 Å². The number of rotatable bonds is 4. The minimum Gasteiger partial charge on any atom is -0.497 e. The van der Waals surface area contributed by atoms with Gasteiger partial charge in [0.05, 0.1) is 7.11 Å². The van der Waals surface area contributed by atoms with E-state index >= 15 is 0 Å². The average molecular weight is 243 g/mol. The molecule has 1 heterocycles. The van der Waals surface area contributed by atoms with Crippen LogP contribution in [0.3, 0.4) is 0 Å². The first-order valence-corrected chi connectivity index (χ1v) is 5.75. The summed E-state index contributed by atoms with van der Waals surface area (Å²) < 4.78 is 7.07. The number of nitrogens with two attached hydrogens (primary N) is 1. The molecule has 0 aliphatic carbocycles. The summed E-state index contributed by atoms with van der Waals surface area (Å²) in [4.78, 5) is 4.50. The number of aryl methyl sites for hydroxylation is 1. The van der Waals surface area contributed by atoms with Crippen molar-refractivity contribution in [3.63, 3.8) is 0 Å². The average Bonchev–Trinajstić information content (AvgIpc) is 2.67. The molecule has 2 aromatic rings. The van der Waals surface area contributed by atoms with Gasteiger partial charge in [0, 0.05) is 12.1 Å².